The first kappa shape index (κ1) is 16.0. The lowest BCUT2D eigenvalue weighted by atomic mass is 9.83. The Labute approximate surface area is 115 Å². The molecule has 1 fully saturated rings. The number of nitrogens with zero attached hydrogens (tertiary/aromatic N) is 1. The van der Waals surface area contributed by atoms with Gasteiger partial charge in [0.1, 0.15) is 0 Å². The third kappa shape index (κ3) is 4.89. The smallest absolute Gasteiger partial charge is 0.0113 e. The lowest BCUT2D eigenvalue weighted by molar-refractivity contribution is 0.0881. The summed E-state index contributed by atoms with van der Waals surface area (Å²) in [4.78, 5) is 2.54. The van der Waals surface area contributed by atoms with E-state index in [0.717, 1.165) is 12.6 Å². The molecule has 1 aliphatic rings. The molecular formula is C16H34N2. The highest BCUT2D eigenvalue weighted by Gasteiger charge is 2.31. The van der Waals surface area contributed by atoms with Crippen LogP contribution in [0.25, 0.3) is 0 Å². The van der Waals surface area contributed by atoms with Crippen molar-refractivity contribution >= 4 is 0 Å². The van der Waals surface area contributed by atoms with Crippen LogP contribution in [0.1, 0.15) is 60.8 Å². The summed E-state index contributed by atoms with van der Waals surface area (Å²) < 4.78 is 0. The van der Waals surface area contributed by atoms with Gasteiger partial charge in [-0.1, -0.05) is 34.6 Å². The maximum atomic E-state index is 3.70. The van der Waals surface area contributed by atoms with Crippen LogP contribution in [0.2, 0.25) is 0 Å². The van der Waals surface area contributed by atoms with Gasteiger partial charge in [0.05, 0.1) is 0 Å². The second-order valence-electron chi connectivity index (χ2n) is 7.78. The first-order valence-corrected chi connectivity index (χ1v) is 7.61. The minimum atomic E-state index is 0.354. The Morgan fingerprint density at radius 3 is 2.17 bits per heavy atom. The fraction of sp³-hybridized carbons (Fsp3) is 1.00. The fourth-order valence-corrected chi connectivity index (χ4v) is 2.37. The van der Waals surface area contributed by atoms with Gasteiger partial charge in [0.2, 0.25) is 0 Å². The maximum Gasteiger partial charge on any atom is 0.0113 e. The molecule has 0 heterocycles. The summed E-state index contributed by atoms with van der Waals surface area (Å²) >= 11 is 0. The summed E-state index contributed by atoms with van der Waals surface area (Å²) in [6.07, 6.45) is 4.01. The number of hydrogen-bond acceptors (Lipinski definition) is 2. The van der Waals surface area contributed by atoms with Gasteiger partial charge in [0.25, 0.3) is 0 Å². The molecule has 0 radical (unpaired) electrons. The van der Waals surface area contributed by atoms with E-state index in [4.69, 9.17) is 0 Å². The Kier molecular flexibility index (Phi) is 5.25. The summed E-state index contributed by atoms with van der Waals surface area (Å²) in [6.45, 7) is 16.4. The monoisotopic (exact) mass is 254 g/mol. The molecule has 108 valence electrons. The molecule has 0 aromatic carbocycles. The van der Waals surface area contributed by atoms with Gasteiger partial charge in [-0.2, -0.15) is 0 Å². The average molecular weight is 254 g/mol. The lowest BCUT2D eigenvalue weighted by Gasteiger charge is -2.41. The Bertz CT molecular complexity index is 252. The molecule has 2 atom stereocenters. The third-order valence-electron chi connectivity index (χ3n) is 4.79. The van der Waals surface area contributed by atoms with Gasteiger partial charge in [-0.05, 0) is 44.1 Å². The number of nitrogens with one attached hydrogen (secondary N) is 1. The second-order valence-corrected chi connectivity index (χ2v) is 7.78. The molecule has 1 aliphatic carbocycles. The first-order valence-electron chi connectivity index (χ1n) is 7.61. The van der Waals surface area contributed by atoms with Crippen LogP contribution in [0.15, 0.2) is 0 Å². The average Bonchev–Trinajstić information content (AvgIpc) is 3.08. The van der Waals surface area contributed by atoms with Crippen LogP contribution in [0.5, 0.6) is 0 Å². The lowest BCUT2D eigenvalue weighted by Crippen LogP contribution is -2.47. The Morgan fingerprint density at radius 1 is 1.22 bits per heavy atom. The SMILES string of the molecule is CCC(C)(CNC1CC1)CN(C)C(C)C(C)(C)C. The highest BCUT2D eigenvalue weighted by Crippen LogP contribution is 2.29. The third-order valence-corrected chi connectivity index (χ3v) is 4.79. The van der Waals surface area contributed by atoms with E-state index in [-0.39, 0.29) is 0 Å². The zero-order valence-electron chi connectivity index (χ0n) is 13.6. The Hall–Kier alpha value is -0.0800. The molecule has 1 rings (SSSR count). The van der Waals surface area contributed by atoms with Crippen LogP contribution >= 0.6 is 0 Å². The van der Waals surface area contributed by atoms with Gasteiger partial charge in [-0.15, -0.1) is 0 Å². The van der Waals surface area contributed by atoms with Gasteiger partial charge < -0.3 is 10.2 Å². The van der Waals surface area contributed by atoms with E-state index in [1.807, 2.05) is 0 Å². The van der Waals surface area contributed by atoms with E-state index in [9.17, 15) is 0 Å². The Morgan fingerprint density at radius 2 is 1.78 bits per heavy atom. The van der Waals surface area contributed by atoms with Crippen molar-refractivity contribution in [1.82, 2.24) is 10.2 Å². The van der Waals surface area contributed by atoms with Gasteiger partial charge in [-0.25, -0.2) is 0 Å². The van der Waals surface area contributed by atoms with Crippen molar-refractivity contribution in [2.45, 2.75) is 72.9 Å². The minimum absolute atomic E-state index is 0.354. The molecule has 1 N–H and O–H groups in total. The summed E-state index contributed by atoms with van der Waals surface area (Å²) in [5.41, 5.74) is 0.754. The van der Waals surface area contributed by atoms with Gasteiger partial charge in [-0.3, -0.25) is 0 Å². The van der Waals surface area contributed by atoms with Crippen molar-refractivity contribution in [3.63, 3.8) is 0 Å². The van der Waals surface area contributed by atoms with E-state index in [2.05, 4.69) is 58.8 Å². The maximum absolute atomic E-state index is 3.70. The standard InChI is InChI=1S/C16H34N2/c1-8-16(6,11-17-14-9-10-14)12-18(7)13(2)15(3,4)5/h13-14,17H,8-12H2,1-7H3. The zero-order valence-corrected chi connectivity index (χ0v) is 13.6. The molecule has 0 amide bonds. The first-order chi connectivity index (χ1) is 8.18. The van der Waals surface area contributed by atoms with Gasteiger partial charge in [0.15, 0.2) is 0 Å². The summed E-state index contributed by atoms with van der Waals surface area (Å²) in [6, 6.07) is 1.44. The quantitative estimate of drug-likeness (QED) is 0.748. The normalized spacial score (nSPS) is 22.0. The molecule has 2 unspecified atom stereocenters. The van der Waals surface area contributed by atoms with Crippen molar-refractivity contribution in [3.05, 3.63) is 0 Å². The van der Waals surface area contributed by atoms with E-state index >= 15 is 0 Å². The van der Waals surface area contributed by atoms with E-state index in [0.29, 0.717) is 16.9 Å². The van der Waals surface area contributed by atoms with Crippen LogP contribution in [0.3, 0.4) is 0 Å². The van der Waals surface area contributed by atoms with Gasteiger partial charge in [0, 0.05) is 25.2 Å². The predicted octanol–water partition coefficient (Wildman–Crippen LogP) is 3.52. The molecule has 0 saturated heterocycles. The molecule has 2 heteroatoms. The van der Waals surface area contributed by atoms with E-state index in [1.54, 1.807) is 0 Å². The molecule has 18 heavy (non-hydrogen) atoms. The number of rotatable bonds is 7. The largest absolute Gasteiger partial charge is 0.313 e. The summed E-state index contributed by atoms with van der Waals surface area (Å²) in [5, 5.41) is 3.70. The summed E-state index contributed by atoms with van der Waals surface area (Å²) in [5.74, 6) is 0. The van der Waals surface area contributed by atoms with Crippen molar-refractivity contribution in [2.24, 2.45) is 10.8 Å². The van der Waals surface area contributed by atoms with Gasteiger partial charge >= 0.3 is 0 Å². The molecule has 0 aliphatic heterocycles. The second kappa shape index (κ2) is 5.92. The molecule has 0 aromatic heterocycles. The van der Waals surface area contributed by atoms with Crippen LogP contribution in [0.4, 0.5) is 0 Å². The molecular weight excluding hydrogens is 220 g/mol. The van der Waals surface area contributed by atoms with Crippen LogP contribution in [-0.2, 0) is 0 Å². The molecule has 2 nitrogen and oxygen atoms in total. The molecule has 0 aromatic rings. The topological polar surface area (TPSA) is 15.3 Å². The minimum Gasteiger partial charge on any atom is -0.313 e. The van der Waals surface area contributed by atoms with Crippen LogP contribution < -0.4 is 5.32 Å². The molecule has 0 bridgehead atoms. The molecule has 0 spiro atoms. The predicted molar refractivity (Wildman–Crippen MR) is 81.0 cm³/mol. The van der Waals surface area contributed by atoms with Crippen LogP contribution in [-0.4, -0.2) is 37.1 Å². The van der Waals surface area contributed by atoms with E-state index < -0.39 is 0 Å². The Balaban J connectivity index is 2.48. The highest BCUT2D eigenvalue weighted by molar-refractivity contribution is 4.88. The zero-order chi connectivity index (χ0) is 14.0. The van der Waals surface area contributed by atoms with Crippen molar-refractivity contribution < 1.29 is 0 Å². The fourth-order valence-electron chi connectivity index (χ4n) is 2.37. The van der Waals surface area contributed by atoms with Crippen molar-refractivity contribution in [3.8, 4) is 0 Å². The van der Waals surface area contributed by atoms with Crippen molar-refractivity contribution in [2.75, 3.05) is 20.1 Å². The number of hydrogen-bond donors (Lipinski definition) is 1. The van der Waals surface area contributed by atoms with E-state index in [1.165, 1.54) is 25.8 Å². The molecule has 1 saturated carbocycles. The summed E-state index contributed by atoms with van der Waals surface area (Å²) in [7, 11) is 2.28. The highest BCUT2D eigenvalue weighted by atomic mass is 15.1. The van der Waals surface area contributed by atoms with Crippen LogP contribution in [0, 0.1) is 10.8 Å². The van der Waals surface area contributed by atoms with Crippen molar-refractivity contribution in [1.29, 1.82) is 0 Å².